The van der Waals surface area contributed by atoms with Crippen molar-refractivity contribution in [2.45, 2.75) is 66.8 Å². The number of likely N-dealkylation sites (tertiary alicyclic amines) is 1. The van der Waals surface area contributed by atoms with Gasteiger partial charge in [0, 0.05) is 24.5 Å². The van der Waals surface area contributed by atoms with Crippen molar-refractivity contribution in [1.29, 1.82) is 0 Å². The number of phenols is 2. The number of benzene rings is 1. The summed E-state index contributed by atoms with van der Waals surface area (Å²) in [7, 11) is 0. The van der Waals surface area contributed by atoms with Gasteiger partial charge in [0.15, 0.2) is 0 Å². The van der Waals surface area contributed by atoms with Crippen molar-refractivity contribution in [3.05, 3.63) is 36.0 Å². The molecule has 0 radical (unpaired) electrons. The molecule has 0 saturated carbocycles. The average molecular weight is 363 g/mol. The highest BCUT2D eigenvalue weighted by Gasteiger charge is 2.30. The van der Waals surface area contributed by atoms with E-state index in [1.54, 1.807) is 11.1 Å². The number of carbonyl (C=O) groups is 1. The molecule has 1 aromatic carbocycles. The zero-order chi connectivity index (χ0) is 20.1. The van der Waals surface area contributed by atoms with E-state index in [-0.39, 0.29) is 29.0 Å². The maximum Gasteiger partial charge on any atom is 0.258 e. The highest BCUT2D eigenvalue weighted by atomic mass is 16.3. The zero-order valence-corrected chi connectivity index (χ0v) is 17.0. The molecule has 2 rings (SSSR count). The molecule has 1 unspecified atom stereocenters. The lowest BCUT2D eigenvalue weighted by Gasteiger charge is -2.35. The molecule has 1 heterocycles. The van der Waals surface area contributed by atoms with E-state index in [0.29, 0.717) is 6.54 Å². The molecule has 0 aliphatic carbocycles. The fraction of sp³-hybridized carbons (Fsp3) is 0.524. The second-order valence-electron chi connectivity index (χ2n) is 5.46. The van der Waals surface area contributed by atoms with Gasteiger partial charge in [-0.05, 0) is 45.2 Å². The number of hydrogen-bond acceptors (Lipinski definition) is 4. The predicted octanol–water partition coefficient (Wildman–Crippen LogP) is 5.14. The molecule has 1 amide bonds. The van der Waals surface area contributed by atoms with Crippen molar-refractivity contribution in [2.24, 2.45) is 4.99 Å². The third-order valence-electron chi connectivity index (χ3n) is 3.88. The molecular formula is C21H34N2O3. The summed E-state index contributed by atoms with van der Waals surface area (Å²) in [4.78, 5) is 18.9. The van der Waals surface area contributed by atoms with Gasteiger partial charge in [-0.3, -0.25) is 9.79 Å². The van der Waals surface area contributed by atoms with Gasteiger partial charge < -0.3 is 15.1 Å². The van der Waals surface area contributed by atoms with Gasteiger partial charge in [0.1, 0.15) is 11.5 Å². The van der Waals surface area contributed by atoms with E-state index >= 15 is 0 Å². The van der Waals surface area contributed by atoms with Crippen LogP contribution in [0.15, 0.2) is 35.5 Å². The molecule has 1 aliphatic rings. The first kappa shape index (κ1) is 23.7. The Balaban J connectivity index is 0.00000146. The Morgan fingerprint density at radius 2 is 1.85 bits per heavy atom. The number of piperidine rings is 1. The largest absolute Gasteiger partial charge is 0.508 e. The Kier molecular flexibility index (Phi) is 11.8. The van der Waals surface area contributed by atoms with Gasteiger partial charge >= 0.3 is 0 Å². The van der Waals surface area contributed by atoms with E-state index in [4.69, 9.17) is 0 Å². The van der Waals surface area contributed by atoms with Crippen LogP contribution >= 0.6 is 0 Å². The summed E-state index contributed by atoms with van der Waals surface area (Å²) in [5.41, 5.74) is 1.10. The van der Waals surface area contributed by atoms with Crippen LogP contribution in [0.1, 0.15) is 71.2 Å². The Labute approximate surface area is 158 Å². The van der Waals surface area contributed by atoms with Crippen LogP contribution in [0.4, 0.5) is 0 Å². The van der Waals surface area contributed by atoms with Gasteiger partial charge in [-0.1, -0.05) is 33.8 Å². The third kappa shape index (κ3) is 6.54. The van der Waals surface area contributed by atoms with Gasteiger partial charge in [-0.15, -0.1) is 0 Å². The summed E-state index contributed by atoms with van der Waals surface area (Å²) < 4.78 is 0. The highest BCUT2D eigenvalue weighted by Crippen LogP contribution is 2.27. The standard InChI is InChI=1S/C17H22N2O3.2C2H6/c1-3-9-18-12(2)15-6-4-5-10-19(15)17(22)14-8-7-13(20)11-16(14)21;2*1-2/h3,7-9,11,15,20-21H,4-6,10H2,1-2H3;2*1-2H3/b9-3-,18-12?;;. The summed E-state index contributed by atoms with van der Waals surface area (Å²) >= 11 is 0. The molecule has 1 aromatic rings. The molecule has 0 bridgehead atoms. The van der Waals surface area contributed by atoms with E-state index in [1.165, 1.54) is 18.2 Å². The van der Waals surface area contributed by atoms with Crippen LogP contribution in [0.3, 0.4) is 0 Å². The number of aliphatic imine (C=N–C) groups is 1. The average Bonchev–Trinajstić information content (AvgIpc) is 2.68. The molecule has 2 N–H and O–H groups in total. The van der Waals surface area contributed by atoms with Crippen LogP contribution in [-0.4, -0.2) is 39.3 Å². The van der Waals surface area contributed by atoms with Crippen LogP contribution < -0.4 is 0 Å². The van der Waals surface area contributed by atoms with Gasteiger partial charge in [-0.2, -0.15) is 0 Å². The molecule has 5 heteroatoms. The molecule has 1 atom stereocenters. The summed E-state index contributed by atoms with van der Waals surface area (Å²) in [5.74, 6) is -0.482. The molecule has 1 fully saturated rings. The van der Waals surface area contributed by atoms with Crippen LogP contribution in [0, 0.1) is 0 Å². The molecule has 5 nitrogen and oxygen atoms in total. The Morgan fingerprint density at radius 1 is 1.19 bits per heavy atom. The molecule has 1 saturated heterocycles. The molecule has 0 aromatic heterocycles. The third-order valence-corrected chi connectivity index (χ3v) is 3.88. The van der Waals surface area contributed by atoms with Crippen molar-refractivity contribution in [1.82, 2.24) is 4.90 Å². The number of aromatic hydroxyl groups is 2. The fourth-order valence-electron chi connectivity index (χ4n) is 2.74. The Morgan fingerprint density at radius 3 is 2.42 bits per heavy atom. The minimum absolute atomic E-state index is 0.0503. The second-order valence-corrected chi connectivity index (χ2v) is 5.46. The lowest BCUT2D eigenvalue weighted by atomic mass is 9.97. The van der Waals surface area contributed by atoms with Crippen molar-refractivity contribution in [3.63, 3.8) is 0 Å². The minimum atomic E-state index is -0.225. The SMILES string of the molecule is C/C=C\N=C(C)C1CCCCN1C(=O)c1ccc(O)cc1O.CC.CC. The first-order chi connectivity index (χ1) is 12.5. The molecule has 0 spiro atoms. The Bertz CT molecular complexity index is 609. The number of allylic oxidation sites excluding steroid dienone is 1. The quantitative estimate of drug-likeness (QED) is 0.731. The van der Waals surface area contributed by atoms with E-state index in [0.717, 1.165) is 25.0 Å². The summed E-state index contributed by atoms with van der Waals surface area (Å²) in [6.45, 7) is 12.5. The molecular weight excluding hydrogens is 328 g/mol. The lowest BCUT2D eigenvalue weighted by Crippen LogP contribution is -2.47. The summed E-state index contributed by atoms with van der Waals surface area (Å²) in [5, 5.41) is 19.3. The molecule has 26 heavy (non-hydrogen) atoms. The maximum absolute atomic E-state index is 12.7. The minimum Gasteiger partial charge on any atom is -0.508 e. The van der Waals surface area contributed by atoms with Crippen molar-refractivity contribution in [3.8, 4) is 11.5 Å². The van der Waals surface area contributed by atoms with Crippen molar-refractivity contribution < 1.29 is 15.0 Å². The number of rotatable bonds is 3. The van der Waals surface area contributed by atoms with Crippen LogP contribution in [-0.2, 0) is 0 Å². The first-order valence-electron chi connectivity index (χ1n) is 9.53. The topological polar surface area (TPSA) is 73.1 Å². The monoisotopic (exact) mass is 362 g/mol. The number of hydrogen-bond donors (Lipinski definition) is 2. The Hall–Kier alpha value is -2.30. The molecule has 146 valence electrons. The summed E-state index contributed by atoms with van der Waals surface area (Å²) in [6.07, 6.45) is 6.45. The van der Waals surface area contributed by atoms with Gasteiger partial charge in [0.25, 0.3) is 5.91 Å². The fourth-order valence-corrected chi connectivity index (χ4v) is 2.74. The smallest absolute Gasteiger partial charge is 0.258 e. The molecule has 1 aliphatic heterocycles. The number of nitrogens with zero attached hydrogens (tertiary/aromatic N) is 2. The van der Waals surface area contributed by atoms with Gasteiger partial charge in [-0.25, -0.2) is 0 Å². The van der Waals surface area contributed by atoms with Crippen LogP contribution in [0.25, 0.3) is 0 Å². The number of carbonyl (C=O) groups excluding carboxylic acids is 1. The first-order valence-corrected chi connectivity index (χ1v) is 9.53. The van der Waals surface area contributed by atoms with Crippen molar-refractivity contribution in [2.75, 3.05) is 6.54 Å². The lowest BCUT2D eigenvalue weighted by molar-refractivity contribution is 0.0677. The normalized spacial score (nSPS) is 17.1. The summed E-state index contributed by atoms with van der Waals surface area (Å²) in [6, 6.07) is 4.00. The second kappa shape index (κ2) is 13.0. The predicted molar refractivity (Wildman–Crippen MR) is 109 cm³/mol. The van der Waals surface area contributed by atoms with Crippen molar-refractivity contribution >= 4 is 11.6 Å². The van der Waals surface area contributed by atoms with Crippen LogP contribution in [0.2, 0.25) is 0 Å². The number of amides is 1. The van der Waals surface area contributed by atoms with Gasteiger partial charge in [0.2, 0.25) is 0 Å². The van der Waals surface area contributed by atoms with E-state index in [2.05, 4.69) is 4.99 Å². The van der Waals surface area contributed by atoms with Gasteiger partial charge in [0.05, 0.1) is 11.6 Å². The highest BCUT2D eigenvalue weighted by molar-refractivity contribution is 6.00. The van der Waals surface area contributed by atoms with E-state index < -0.39 is 0 Å². The maximum atomic E-state index is 12.7. The van der Waals surface area contributed by atoms with Crippen LogP contribution in [0.5, 0.6) is 11.5 Å². The van der Waals surface area contributed by atoms with E-state index in [1.807, 2.05) is 47.6 Å². The zero-order valence-electron chi connectivity index (χ0n) is 17.0. The van der Waals surface area contributed by atoms with E-state index in [9.17, 15) is 15.0 Å². The number of phenolic OH excluding ortho intramolecular Hbond substituents is 2.